The Morgan fingerprint density at radius 1 is 1.48 bits per heavy atom. The molecule has 1 fully saturated rings. The predicted molar refractivity (Wildman–Crippen MR) is 79.5 cm³/mol. The van der Waals surface area contributed by atoms with Crippen molar-refractivity contribution in [3.05, 3.63) is 34.4 Å². The molecule has 0 heterocycles. The Hall–Kier alpha value is -1.86. The second kappa shape index (κ2) is 7.80. The van der Waals surface area contributed by atoms with E-state index in [0.29, 0.717) is 12.5 Å². The summed E-state index contributed by atoms with van der Waals surface area (Å²) in [4.78, 5) is 22.0. The maximum atomic E-state index is 11.7. The minimum absolute atomic E-state index is 0. The topological polar surface area (TPSA) is 107 Å². The van der Waals surface area contributed by atoms with E-state index in [9.17, 15) is 14.9 Å². The fourth-order valence-electron chi connectivity index (χ4n) is 1.99. The number of nitrogens with zero attached hydrogens (tertiary/aromatic N) is 1. The molecule has 116 valence electrons. The van der Waals surface area contributed by atoms with E-state index in [-0.39, 0.29) is 42.4 Å². The molecule has 1 amide bonds. The van der Waals surface area contributed by atoms with E-state index in [1.54, 1.807) is 12.1 Å². The number of nitrogens with two attached hydrogens (primary N) is 1. The molecule has 0 saturated heterocycles. The summed E-state index contributed by atoms with van der Waals surface area (Å²) in [6.45, 7) is 0.135. The first-order valence-corrected chi connectivity index (χ1v) is 6.47. The highest BCUT2D eigenvalue weighted by Gasteiger charge is 2.31. The quantitative estimate of drug-likeness (QED) is 0.581. The van der Waals surface area contributed by atoms with Gasteiger partial charge in [0.05, 0.1) is 4.92 Å². The molecule has 2 rings (SSSR count). The number of nitro groups is 1. The number of nitrogens with one attached hydrogen (secondary N) is 1. The molecule has 1 unspecified atom stereocenters. The molecule has 3 N–H and O–H groups in total. The fraction of sp³-hybridized carbons (Fsp3) is 0.462. The highest BCUT2D eigenvalue weighted by Crippen LogP contribution is 2.32. The maximum Gasteiger partial charge on any atom is 0.310 e. The van der Waals surface area contributed by atoms with Crippen LogP contribution in [0.3, 0.4) is 0 Å². The van der Waals surface area contributed by atoms with E-state index in [1.165, 1.54) is 12.1 Å². The number of hydrogen-bond acceptors (Lipinski definition) is 5. The van der Waals surface area contributed by atoms with Crippen LogP contribution in [0, 0.1) is 16.0 Å². The summed E-state index contributed by atoms with van der Waals surface area (Å²) < 4.78 is 5.21. The number of carbonyl (C=O) groups excluding carboxylic acids is 1. The molecule has 0 bridgehead atoms. The van der Waals surface area contributed by atoms with Crippen LogP contribution in [0.4, 0.5) is 5.69 Å². The number of halogens is 1. The third-order valence-corrected chi connectivity index (χ3v) is 3.21. The summed E-state index contributed by atoms with van der Waals surface area (Å²) in [7, 11) is 0. The molecular weight excluding hydrogens is 298 g/mol. The van der Waals surface area contributed by atoms with Gasteiger partial charge < -0.3 is 15.8 Å². The summed E-state index contributed by atoms with van der Waals surface area (Å²) >= 11 is 0. The first kappa shape index (κ1) is 17.2. The molecule has 0 aromatic heterocycles. The van der Waals surface area contributed by atoms with Crippen LogP contribution >= 0.6 is 12.4 Å². The van der Waals surface area contributed by atoms with Gasteiger partial charge in [-0.05, 0) is 24.8 Å². The van der Waals surface area contributed by atoms with Gasteiger partial charge in [-0.15, -0.1) is 12.4 Å². The van der Waals surface area contributed by atoms with Crippen molar-refractivity contribution in [3.63, 3.8) is 0 Å². The van der Waals surface area contributed by atoms with E-state index in [1.807, 2.05) is 0 Å². The van der Waals surface area contributed by atoms with Gasteiger partial charge in [-0.1, -0.05) is 12.1 Å². The molecule has 21 heavy (non-hydrogen) atoms. The van der Waals surface area contributed by atoms with Gasteiger partial charge in [0.15, 0.2) is 12.4 Å². The number of nitro benzene ring substituents is 1. The van der Waals surface area contributed by atoms with Crippen molar-refractivity contribution < 1.29 is 14.5 Å². The lowest BCUT2D eigenvalue weighted by Crippen LogP contribution is -2.43. The zero-order chi connectivity index (χ0) is 14.5. The molecule has 0 spiro atoms. The summed E-state index contributed by atoms with van der Waals surface area (Å²) in [5.74, 6) is 0.226. The van der Waals surface area contributed by atoms with Crippen molar-refractivity contribution in [2.24, 2.45) is 11.7 Å². The van der Waals surface area contributed by atoms with Crippen LogP contribution in [0.5, 0.6) is 5.75 Å². The highest BCUT2D eigenvalue weighted by atomic mass is 35.5. The smallest absolute Gasteiger partial charge is 0.310 e. The van der Waals surface area contributed by atoms with Crippen LogP contribution in [-0.4, -0.2) is 30.0 Å². The number of amides is 1. The molecule has 1 aliphatic rings. The molecule has 1 atom stereocenters. The minimum atomic E-state index is -0.542. The van der Waals surface area contributed by atoms with Gasteiger partial charge in [-0.25, -0.2) is 0 Å². The van der Waals surface area contributed by atoms with Gasteiger partial charge in [-0.3, -0.25) is 14.9 Å². The number of rotatable bonds is 7. The van der Waals surface area contributed by atoms with Crippen LogP contribution in [0.25, 0.3) is 0 Å². The fourth-order valence-corrected chi connectivity index (χ4v) is 1.99. The minimum Gasteiger partial charge on any atom is -0.477 e. The Bertz CT molecular complexity index is 508. The van der Waals surface area contributed by atoms with E-state index < -0.39 is 4.92 Å². The van der Waals surface area contributed by atoms with Crippen molar-refractivity contribution in [1.82, 2.24) is 5.32 Å². The second-order valence-corrected chi connectivity index (χ2v) is 4.76. The molecule has 0 radical (unpaired) electrons. The third kappa shape index (κ3) is 4.87. The van der Waals surface area contributed by atoms with Crippen LogP contribution in [0.15, 0.2) is 24.3 Å². The Morgan fingerprint density at radius 3 is 2.71 bits per heavy atom. The van der Waals surface area contributed by atoms with Gasteiger partial charge in [-0.2, -0.15) is 0 Å². The van der Waals surface area contributed by atoms with Crippen molar-refractivity contribution in [1.29, 1.82) is 0 Å². The number of benzene rings is 1. The molecule has 1 aliphatic carbocycles. The van der Waals surface area contributed by atoms with Crippen LogP contribution < -0.4 is 15.8 Å². The molecule has 0 aliphatic heterocycles. The lowest BCUT2D eigenvalue weighted by atomic mass is 10.2. The lowest BCUT2D eigenvalue weighted by Gasteiger charge is -2.16. The third-order valence-electron chi connectivity index (χ3n) is 3.21. The van der Waals surface area contributed by atoms with Gasteiger partial charge in [0.1, 0.15) is 0 Å². The Labute approximate surface area is 128 Å². The summed E-state index contributed by atoms with van der Waals surface area (Å²) in [5, 5.41) is 13.6. The summed E-state index contributed by atoms with van der Waals surface area (Å²) in [5.41, 5.74) is 5.43. The zero-order valence-corrected chi connectivity index (χ0v) is 12.2. The Morgan fingerprint density at radius 2 is 2.14 bits per heavy atom. The average molecular weight is 316 g/mol. The van der Waals surface area contributed by atoms with Crippen molar-refractivity contribution in [3.8, 4) is 5.75 Å². The van der Waals surface area contributed by atoms with E-state index in [0.717, 1.165) is 12.8 Å². The molecular formula is C13H18ClN3O4. The molecule has 7 nitrogen and oxygen atoms in total. The molecule has 1 aromatic rings. The van der Waals surface area contributed by atoms with Gasteiger partial charge in [0.2, 0.25) is 0 Å². The second-order valence-electron chi connectivity index (χ2n) is 4.76. The van der Waals surface area contributed by atoms with Crippen molar-refractivity contribution in [2.45, 2.75) is 18.9 Å². The largest absolute Gasteiger partial charge is 0.477 e. The van der Waals surface area contributed by atoms with Crippen LogP contribution in [-0.2, 0) is 4.79 Å². The van der Waals surface area contributed by atoms with E-state index >= 15 is 0 Å². The highest BCUT2D eigenvalue weighted by molar-refractivity contribution is 5.85. The van der Waals surface area contributed by atoms with Crippen LogP contribution in [0.1, 0.15) is 12.8 Å². The predicted octanol–water partition coefficient (Wildman–Crippen LogP) is 1.25. The van der Waals surface area contributed by atoms with Crippen molar-refractivity contribution in [2.75, 3.05) is 13.2 Å². The monoisotopic (exact) mass is 315 g/mol. The number of hydrogen-bond donors (Lipinski definition) is 2. The van der Waals surface area contributed by atoms with Gasteiger partial charge in [0, 0.05) is 18.7 Å². The maximum absolute atomic E-state index is 11.7. The first-order valence-electron chi connectivity index (χ1n) is 6.47. The standard InChI is InChI=1S/C13H17N3O4.ClH/c14-7-10(9-5-6-9)15-13(17)8-20-12-4-2-1-3-11(12)16(18)19;/h1-4,9-10H,5-8,14H2,(H,15,17);1H. The first-order chi connectivity index (χ1) is 9.61. The number of ether oxygens (including phenoxy) is 1. The van der Waals surface area contributed by atoms with E-state index in [2.05, 4.69) is 5.32 Å². The SMILES string of the molecule is Cl.NCC(NC(=O)COc1ccccc1[N+](=O)[O-])C1CC1. The molecule has 1 aromatic carbocycles. The van der Waals surface area contributed by atoms with Gasteiger partial charge >= 0.3 is 5.69 Å². The van der Waals surface area contributed by atoms with Gasteiger partial charge in [0.25, 0.3) is 5.91 Å². The summed E-state index contributed by atoms with van der Waals surface area (Å²) in [6.07, 6.45) is 2.15. The number of para-hydroxylation sites is 2. The van der Waals surface area contributed by atoms with Crippen LogP contribution in [0.2, 0.25) is 0 Å². The normalized spacial score (nSPS) is 14.7. The molecule has 1 saturated carbocycles. The number of carbonyl (C=O) groups is 1. The summed E-state index contributed by atoms with van der Waals surface area (Å²) in [6, 6.07) is 5.93. The Kier molecular flexibility index (Phi) is 6.39. The Balaban J connectivity index is 0.00000220. The van der Waals surface area contributed by atoms with E-state index in [4.69, 9.17) is 10.5 Å². The lowest BCUT2D eigenvalue weighted by molar-refractivity contribution is -0.385. The molecule has 8 heteroatoms. The average Bonchev–Trinajstić information content (AvgIpc) is 3.27. The van der Waals surface area contributed by atoms with Crippen molar-refractivity contribution >= 4 is 24.0 Å². The zero-order valence-electron chi connectivity index (χ0n) is 11.4.